The van der Waals surface area contributed by atoms with Gasteiger partial charge in [0.05, 0.1) is 6.07 Å². The Hall–Kier alpha value is -1.57. The van der Waals surface area contributed by atoms with Gasteiger partial charge < -0.3 is 4.90 Å². The number of carbonyl (C=O) groups excluding carboxylic acids is 2. The zero-order valence-electron chi connectivity index (χ0n) is 7.57. The van der Waals surface area contributed by atoms with Crippen LogP contribution in [0.25, 0.3) is 0 Å². The number of imide groups is 1. The molecule has 1 aliphatic heterocycles. The summed E-state index contributed by atoms with van der Waals surface area (Å²) < 4.78 is 0. The molecule has 1 N–H and O–H groups in total. The Labute approximate surface area is 76.3 Å². The second-order valence-electron chi connectivity index (χ2n) is 3.22. The van der Waals surface area contributed by atoms with Crippen LogP contribution in [-0.4, -0.2) is 29.4 Å². The fourth-order valence-electron chi connectivity index (χ4n) is 1.17. The first-order valence-corrected chi connectivity index (χ1v) is 4.07. The lowest BCUT2D eigenvalue weighted by Gasteiger charge is -2.32. The average Bonchev–Trinajstić information content (AvgIpc) is 2.03. The van der Waals surface area contributed by atoms with Gasteiger partial charge >= 0.3 is 6.03 Å². The molecule has 0 aromatic carbocycles. The van der Waals surface area contributed by atoms with Gasteiger partial charge in [0.15, 0.2) is 0 Å². The maximum atomic E-state index is 11.2. The minimum Gasteiger partial charge on any atom is -0.320 e. The van der Waals surface area contributed by atoms with Crippen LogP contribution in [-0.2, 0) is 4.79 Å². The molecule has 0 radical (unpaired) electrons. The second-order valence-corrected chi connectivity index (χ2v) is 3.22. The standard InChI is InChI=1S/C8H11N3O2/c1-5(2)11-4-6(3-9)7(12)10-8(11)13/h5-6H,4H2,1-2H3,(H,10,12,13). The molecule has 0 spiro atoms. The van der Waals surface area contributed by atoms with Crippen LogP contribution in [0.1, 0.15) is 13.8 Å². The summed E-state index contributed by atoms with van der Waals surface area (Å²) in [5.41, 5.74) is 0. The number of nitriles is 1. The van der Waals surface area contributed by atoms with Crippen LogP contribution >= 0.6 is 0 Å². The monoisotopic (exact) mass is 181 g/mol. The first kappa shape index (κ1) is 9.52. The van der Waals surface area contributed by atoms with Gasteiger partial charge in [-0.2, -0.15) is 5.26 Å². The van der Waals surface area contributed by atoms with Gasteiger partial charge in [0.2, 0.25) is 5.91 Å². The van der Waals surface area contributed by atoms with E-state index in [0.717, 1.165) is 0 Å². The van der Waals surface area contributed by atoms with Crippen molar-refractivity contribution in [3.63, 3.8) is 0 Å². The van der Waals surface area contributed by atoms with Crippen molar-refractivity contribution in [2.45, 2.75) is 19.9 Å². The molecular weight excluding hydrogens is 170 g/mol. The summed E-state index contributed by atoms with van der Waals surface area (Å²) in [6.07, 6.45) is 0. The third-order valence-electron chi connectivity index (χ3n) is 1.97. The van der Waals surface area contributed by atoms with Crippen molar-refractivity contribution < 1.29 is 9.59 Å². The van der Waals surface area contributed by atoms with E-state index in [1.807, 2.05) is 19.9 Å². The molecule has 0 aromatic heterocycles. The second kappa shape index (κ2) is 3.44. The fraction of sp³-hybridized carbons (Fsp3) is 0.625. The molecule has 1 unspecified atom stereocenters. The topological polar surface area (TPSA) is 73.2 Å². The van der Waals surface area contributed by atoms with Gasteiger partial charge in [0, 0.05) is 12.6 Å². The van der Waals surface area contributed by atoms with E-state index in [9.17, 15) is 9.59 Å². The SMILES string of the molecule is CC(C)N1CC(C#N)C(=O)NC1=O. The summed E-state index contributed by atoms with van der Waals surface area (Å²) in [6.45, 7) is 3.87. The molecule has 1 aliphatic rings. The Kier molecular flexibility index (Phi) is 2.52. The summed E-state index contributed by atoms with van der Waals surface area (Å²) in [6, 6.07) is 1.45. The molecule has 70 valence electrons. The first-order valence-electron chi connectivity index (χ1n) is 4.07. The van der Waals surface area contributed by atoms with Gasteiger partial charge in [-0.3, -0.25) is 10.1 Å². The van der Waals surface area contributed by atoms with Crippen molar-refractivity contribution >= 4 is 11.9 Å². The van der Waals surface area contributed by atoms with E-state index in [4.69, 9.17) is 5.26 Å². The summed E-state index contributed by atoms with van der Waals surface area (Å²) in [5.74, 6) is -1.23. The normalized spacial score (nSPS) is 22.9. The highest BCUT2D eigenvalue weighted by Crippen LogP contribution is 2.10. The summed E-state index contributed by atoms with van der Waals surface area (Å²) in [5, 5.41) is 10.7. The van der Waals surface area contributed by atoms with Gasteiger partial charge in [-0.05, 0) is 13.8 Å². The average molecular weight is 181 g/mol. The van der Waals surface area contributed by atoms with E-state index < -0.39 is 17.9 Å². The van der Waals surface area contributed by atoms with Gasteiger partial charge in [-0.1, -0.05) is 0 Å². The fourth-order valence-corrected chi connectivity index (χ4v) is 1.17. The molecule has 5 heteroatoms. The predicted molar refractivity (Wildman–Crippen MR) is 44.5 cm³/mol. The molecule has 5 nitrogen and oxygen atoms in total. The zero-order valence-corrected chi connectivity index (χ0v) is 7.57. The Bertz CT molecular complexity index is 280. The van der Waals surface area contributed by atoms with Gasteiger partial charge in [-0.25, -0.2) is 4.79 Å². The van der Waals surface area contributed by atoms with Crippen molar-refractivity contribution in [2.24, 2.45) is 5.92 Å². The summed E-state index contributed by atoms with van der Waals surface area (Å²) >= 11 is 0. The van der Waals surface area contributed by atoms with E-state index in [1.54, 1.807) is 0 Å². The molecule has 1 rings (SSSR count). The van der Waals surface area contributed by atoms with Crippen LogP contribution in [0.3, 0.4) is 0 Å². The molecule has 1 fully saturated rings. The largest absolute Gasteiger partial charge is 0.324 e. The van der Waals surface area contributed by atoms with Crippen molar-refractivity contribution in [3.8, 4) is 6.07 Å². The lowest BCUT2D eigenvalue weighted by atomic mass is 10.1. The van der Waals surface area contributed by atoms with Crippen molar-refractivity contribution in [3.05, 3.63) is 0 Å². The number of nitrogens with zero attached hydrogens (tertiary/aromatic N) is 2. The number of nitrogens with one attached hydrogen (secondary N) is 1. The Morgan fingerprint density at radius 1 is 1.62 bits per heavy atom. The highest BCUT2D eigenvalue weighted by Gasteiger charge is 2.33. The van der Waals surface area contributed by atoms with Crippen molar-refractivity contribution in [1.29, 1.82) is 5.26 Å². The molecule has 0 saturated carbocycles. The van der Waals surface area contributed by atoms with Crippen LogP contribution in [0.15, 0.2) is 0 Å². The number of urea groups is 1. The molecular formula is C8H11N3O2. The Morgan fingerprint density at radius 3 is 2.69 bits per heavy atom. The molecule has 0 aliphatic carbocycles. The number of amides is 3. The van der Waals surface area contributed by atoms with E-state index in [2.05, 4.69) is 5.32 Å². The van der Waals surface area contributed by atoms with Gasteiger partial charge in [-0.15, -0.1) is 0 Å². The number of rotatable bonds is 1. The lowest BCUT2D eigenvalue weighted by molar-refractivity contribution is -0.124. The molecule has 1 atom stereocenters. The molecule has 3 amide bonds. The number of carbonyl (C=O) groups is 2. The molecule has 1 heterocycles. The number of hydrogen-bond acceptors (Lipinski definition) is 3. The minimum atomic E-state index is -0.736. The summed E-state index contributed by atoms with van der Waals surface area (Å²) in [7, 11) is 0. The zero-order chi connectivity index (χ0) is 10.0. The molecule has 1 saturated heterocycles. The van der Waals surface area contributed by atoms with Crippen LogP contribution in [0, 0.1) is 17.2 Å². The molecule has 0 aromatic rings. The smallest absolute Gasteiger partial charge is 0.320 e. The van der Waals surface area contributed by atoms with E-state index in [-0.39, 0.29) is 12.6 Å². The van der Waals surface area contributed by atoms with Crippen LogP contribution in [0.5, 0.6) is 0 Å². The number of hydrogen-bond donors (Lipinski definition) is 1. The third-order valence-corrected chi connectivity index (χ3v) is 1.97. The van der Waals surface area contributed by atoms with Crippen LogP contribution in [0.2, 0.25) is 0 Å². The van der Waals surface area contributed by atoms with Crippen LogP contribution < -0.4 is 5.32 Å². The highest BCUT2D eigenvalue weighted by atomic mass is 16.2. The maximum Gasteiger partial charge on any atom is 0.324 e. The minimum absolute atomic E-state index is 0.00366. The van der Waals surface area contributed by atoms with Crippen molar-refractivity contribution in [1.82, 2.24) is 10.2 Å². The quantitative estimate of drug-likeness (QED) is 0.622. The van der Waals surface area contributed by atoms with Gasteiger partial charge in [0.25, 0.3) is 0 Å². The third kappa shape index (κ3) is 1.78. The highest BCUT2D eigenvalue weighted by molar-refractivity contribution is 5.99. The maximum absolute atomic E-state index is 11.2. The Morgan fingerprint density at radius 2 is 2.23 bits per heavy atom. The van der Waals surface area contributed by atoms with E-state index >= 15 is 0 Å². The van der Waals surface area contributed by atoms with Crippen molar-refractivity contribution in [2.75, 3.05) is 6.54 Å². The lowest BCUT2D eigenvalue weighted by Crippen LogP contribution is -2.56. The van der Waals surface area contributed by atoms with E-state index in [0.29, 0.717) is 0 Å². The molecule has 13 heavy (non-hydrogen) atoms. The Balaban J connectivity index is 2.76. The first-order chi connectivity index (χ1) is 6.06. The van der Waals surface area contributed by atoms with Crippen LogP contribution in [0.4, 0.5) is 4.79 Å². The predicted octanol–water partition coefficient (Wildman–Crippen LogP) is 0.0864. The summed E-state index contributed by atoms with van der Waals surface area (Å²) in [4.78, 5) is 23.7. The van der Waals surface area contributed by atoms with E-state index in [1.165, 1.54) is 4.90 Å². The van der Waals surface area contributed by atoms with Gasteiger partial charge in [0.1, 0.15) is 5.92 Å². The molecule has 0 bridgehead atoms.